The Hall–Kier alpha value is -2.71. The molecule has 3 aromatic rings. The van der Waals surface area contributed by atoms with Crippen LogP contribution in [0.1, 0.15) is 17.0 Å². The lowest BCUT2D eigenvalue weighted by Crippen LogP contribution is -2.21. The van der Waals surface area contributed by atoms with E-state index in [-0.39, 0.29) is 11.6 Å². The SMILES string of the molecule is CN(C)CCS(=O)(=O)c1ccc2c(c1)nc(Cc1ccc(C(=N)N)cc1)n2C. The fourth-order valence-electron chi connectivity index (χ4n) is 2.99. The number of nitrogens with one attached hydrogen (secondary N) is 1. The van der Waals surface area contributed by atoms with Crippen molar-refractivity contribution in [1.82, 2.24) is 14.5 Å². The van der Waals surface area contributed by atoms with E-state index in [9.17, 15) is 8.42 Å². The molecular formula is C20H25N5O2S. The second-order valence-corrected chi connectivity index (χ2v) is 9.26. The lowest BCUT2D eigenvalue weighted by molar-refractivity contribution is 0.432. The van der Waals surface area contributed by atoms with Gasteiger partial charge in [-0.2, -0.15) is 0 Å². The number of hydrogen-bond acceptors (Lipinski definition) is 5. The maximum atomic E-state index is 12.6. The lowest BCUT2D eigenvalue weighted by Gasteiger charge is -2.10. The number of aryl methyl sites for hydroxylation is 1. The van der Waals surface area contributed by atoms with Crippen molar-refractivity contribution in [2.24, 2.45) is 12.8 Å². The van der Waals surface area contributed by atoms with Crippen LogP contribution in [0.4, 0.5) is 0 Å². The zero-order valence-corrected chi connectivity index (χ0v) is 17.1. The number of rotatable bonds is 7. The third-order valence-corrected chi connectivity index (χ3v) is 6.43. The van der Waals surface area contributed by atoms with Crippen LogP contribution in [0.5, 0.6) is 0 Å². The number of nitrogen functional groups attached to an aromatic ring is 1. The van der Waals surface area contributed by atoms with Gasteiger partial charge in [-0.1, -0.05) is 24.3 Å². The molecule has 1 heterocycles. The molecule has 0 spiro atoms. The van der Waals surface area contributed by atoms with Gasteiger partial charge in [0, 0.05) is 25.6 Å². The number of fused-ring (bicyclic) bond motifs is 1. The summed E-state index contributed by atoms with van der Waals surface area (Å²) in [5, 5.41) is 7.47. The number of nitrogens with two attached hydrogens (primary N) is 1. The topological polar surface area (TPSA) is 105 Å². The summed E-state index contributed by atoms with van der Waals surface area (Å²) < 4.78 is 27.1. The molecule has 8 heteroatoms. The van der Waals surface area contributed by atoms with E-state index in [2.05, 4.69) is 4.98 Å². The van der Waals surface area contributed by atoms with Gasteiger partial charge in [0.25, 0.3) is 0 Å². The van der Waals surface area contributed by atoms with Crippen molar-refractivity contribution >= 4 is 26.7 Å². The summed E-state index contributed by atoms with van der Waals surface area (Å²) in [5.74, 6) is 0.957. The quantitative estimate of drug-likeness (QED) is 0.465. The van der Waals surface area contributed by atoms with Crippen molar-refractivity contribution in [3.05, 3.63) is 59.4 Å². The van der Waals surface area contributed by atoms with Gasteiger partial charge in [-0.05, 0) is 37.9 Å². The van der Waals surface area contributed by atoms with Crippen LogP contribution in [0.2, 0.25) is 0 Å². The largest absolute Gasteiger partial charge is 0.384 e. The first kappa shape index (κ1) is 20.0. The molecule has 0 saturated heterocycles. The Kier molecular flexibility index (Phi) is 5.53. The molecule has 3 N–H and O–H groups in total. The molecular weight excluding hydrogens is 374 g/mol. The average molecular weight is 400 g/mol. The first-order chi connectivity index (χ1) is 13.2. The van der Waals surface area contributed by atoms with E-state index < -0.39 is 9.84 Å². The van der Waals surface area contributed by atoms with Gasteiger partial charge in [-0.25, -0.2) is 13.4 Å². The van der Waals surface area contributed by atoms with Crippen molar-refractivity contribution in [3.8, 4) is 0 Å². The summed E-state index contributed by atoms with van der Waals surface area (Å²) in [5.41, 5.74) is 8.78. The van der Waals surface area contributed by atoms with Crippen LogP contribution < -0.4 is 5.73 Å². The minimum absolute atomic E-state index is 0.0392. The van der Waals surface area contributed by atoms with Crippen molar-refractivity contribution < 1.29 is 8.42 Å². The monoisotopic (exact) mass is 399 g/mol. The minimum atomic E-state index is -3.35. The molecule has 0 fully saturated rings. The molecule has 2 aromatic carbocycles. The molecule has 0 unspecified atom stereocenters. The number of benzene rings is 2. The van der Waals surface area contributed by atoms with Gasteiger partial charge in [0.2, 0.25) is 0 Å². The highest BCUT2D eigenvalue weighted by molar-refractivity contribution is 7.91. The number of hydrogen-bond donors (Lipinski definition) is 2. The average Bonchev–Trinajstić information content (AvgIpc) is 2.96. The van der Waals surface area contributed by atoms with E-state index >= 15 is 0 Å². The third kappa shape index (κ3) is 4.23. The van der Waals surface area contributed by atoms with Gasteiger partial charge < -0.3 is 15.2 Å². The molecule has 0 saturated carbocycles. The molecule has 0 aliphatic heterocycles. The molecule has 0 bridgehead atoms. The molecule has 7 nitrogen and oxygen atoms in total. The van der Waals surface area contributed by atoms with E-state index in [0.29, 0.717) is 28.9 Å². The summed E-state index contributed by atoms with van der Waals surface area (Å²) in [6.45, 7) is 0.476. The van der Waals surface area contributed by atoms with Crippen LogP contribution in [0.15, 0.2) is 47.4 Å². The summed E-state index contributed by atoms with van der Waals surface area (Å²) in [6.07, 6.45) is 0.603. The molecule has 3 rings (SSSR count). The second kappa shape index (κ2) is 7.73. The van der Waals surface area contributed by atoms with Crippen LogP contribution in [0.3, 0.4) is 0 Å². The zero-order chi connectivity index (χ0) is 20.5. The molecule has 0 radical (unpaired) electrons. The van der Waals surface area contributed by atoms with Gasteiger partial charge >= 0.3 is 0 Å². The summed E-state index contributed by atoms with van der Waals surface area (Å²) in [6, 6.07) is 12.6. The molecule has 0 amide bonds. The first-order valence-electron chi connectivity index (χ1n) is 8.93. The van der Waals surface area contributed by atoms with E-state index in [1.807, 2.05) is 60.9 Å². The van der Waals surface area contributed by atoms with Crippen LogP contribution >= 0.6 is 0 Å². The standard InChI is InChI=1S/C20H25N5O2S/c1-24(2)10-11-28(26,27)16-8-9-18-17(13-16)23-19(25(18)3)12-14-4-6-15(7-5-14)20(21)22/h4-9,13H,10-12H2,1-3H3,(H3,21,22). The van der Waals surface area contributed by atoms with Gasteiger partial charge in [-0.3, -0.25) is 5.41 Å². The highest BCUT2D eigenvalue weighted by Crippen LogP contribution is 2.22. The second-order valence-electron chi connectivity index (χ2n) is 7.15. The highest BCUT2D eigenvalue weighted by Gasteiger charge is 2.17. The van der Waals surface area contributed by atoms with E-state index in [0.717, 1.165) is 16.9 Å². The molecule has 0 atom stereocenters. The maximum absolute atomic E-state index is 12.6. The Morgan fingerprint density at radius 2 is 1.86 bits per heavy atom. The number of nitrogens with zero attached hydrogens (tertiary/aromatic N) is 3. The predicted molar refractivity (Wildman–Crippen MR) is 112 cm³/mol. The number of aromatic nitrogens is 2. The van der Waals surface area contributed by atoms with Gasteiger partial charge in [0.05, 0.1) is 21.7 Å². The van der Waals surface area contributed by atoms with Crippen molar-refractivity contribution in [3.63, 3.8) is 0 Å². The summed E-state index contributed by atoms with van der Waals surface area (Å²) in [7, 11) is 2.29. The number of imidazole rings is 1. The van der Waals surface area contributed by atoms with Gasteiger partial charge in [0.1, 0.15) is 11.7 Å². The normalized spacial score (nSPS) is 12.0. The lowest BCUT2D eigenvalue weighted by atomic mass is 10.1. The Balaban J connectivity index is 1.89. The maximum Gasteiger partial charge on any atom is 0.179 e. The zero-order valence-electron chi connectivity index (χ0n) is 16.3. The fourth-order valence-corrected chi connectivity index (χ4v) is 4.39. The Labute approximate surface area is 165 Å². The molecule has 0 aliphatic carbocycles. The van der Waals surface area contributed by atoms with Gasteiger partial charge in [-0.15, -0.1) is 0 Å². The Morgan fingerprint density at radius 3 is 2.46 bits per heavy atom. The summed E-state index contributed by atoms with van der Waals surface area (Å²) >= 11 is 0. The molecule has 28 heavy (non-hydrogen) atoms. The highest BCUT2D eigenvalue weighted by atomic mass is 32.2. The van der Waals surface area contributed by atoms with Crippen molar-refractivity contribution in [2.45, 2.75) is 11.3 Å². The Morgan fingerprint density at radius 1 is 1.18 bits per heavy atom. The summed E-state index contributed by atoms with van der Waals surface area (Å²) in [4.78, 5) is 6.81. The first-order valence-corrected chi connectivity index (χ1v) is 10.6. The van der Waals surface area contributed by atoms with Crippen LogP contribution in [0, 0.1) is 5.41 Å². The van der Waals surface area contributed by atoms with Crippen LogP contribution in [0.25, 0.3) is 11.0 Å². The van der Waals surface area contributed by atoms with Gasteiger partial charge in [0.15, 0.2) is 9.84 Å². The van der Waals surface area contributed by atoms with E-state index in [1.54, 1.807) is 12.1 Å². The smallest absolute Gasteiger partial charge is 0.179 e. The molecule has 148 valence electrons. The van der Waals surface area contributed by atoms with Crippen LogP contribution in [-0.2, 0) is 23.3 Å². The number of amidine groups is 1. The van der Waals surface area contributed by atoms with E-state index in [1.165, 1.54) is 0 Å². The predicted octanol–water partition coefficient (Wildman–Crippen LogP) is 1.78. The molecule has 1 aromatic heterocycles. The van der Waals surface area contributed by atoms with Crippen molar-refractivity contribution in [2.75, 3.05) is 26.4 Å². The fraction of sp³-hybridized carbons (Fsp3) is 0.300. The third-order valence-electron chi connectivity index (χ3n) is 4.74. The van der Waals surface area contributed by atoms with Crippen LogP contribution in [-0.4, -0.2) is 55.1 Å². The minimum Gasteiger partial charge on any atom is -0.384 e. The van der Waals surface area contributed by atoms with E-state index in [4.69, 9.17) is 11.1 Å². The molecule has 0 aliphatic rings. The van der Waals surface area contributed by atoms with Crippen molar-refractivity contribution in [1.29, 1.82) is 5.41 Å². The number of sulfone groups is 1. The Bertz CT molecular complexity index is 1120.